The maximum atomic E-state index is 13.2. The lowest BCUT2D eigenvalue weighted by Crippen LogP contribution is -2.34. The van der Waals surface area contributed by atoms with Gasteiger partial charge in [-0.2, -0.15) is 0 Å². The standard InChI is InChI=1S/C23H26N6O4/c1-12(2)11-29-19-18(21(31)28-23(29)33)16(9-17(27-19)14-5-6-14)20(30)25-10-13-3-7-15(8-4-13)26-22(24)32/h3-4,7-9,12,14H,5-6,10-11H2,1-2H3,(H,25,30)(H3,24,26,32)(H,28,31,33). The number of hydrogen-bond acceptors (Lipinski definition) is 5. The van der Waals surface area contributed by atoms with E-state index in [4.69, 9.17) is 5.73 Å². The second kappa shape index (κ2) is 8.89. The van der Waals surface area contributed by atoms with Crippen LogP contribution in [-0.4, -0.2) is 26.5 Å². The Hall–Kier alpha value is -3.95. The third-order valence-electron chi connectivity index (χ3n) is 5.43. The van der Waals surface area contributed by atoms with Crippen LogP contribution in [0.5, 0.6) is 0 Å². The Morgan fingerprint density at radius 2 is 1.91 bits per heavy atom. The van der Waals surface area contributed by atoms with Crippen molar-refractivity contribution >= 4 is 28.7 Å². The van der Waals surface area contributed by atoms with Gasteiger partial charge in [-0.1, -0.05) is 26.0 Å². The summed E-state index contributed by atoms with van der Waals surface area (Å²) in [5.74, 6) is -0.0514. The van der Waals surface area contributed by atoms with Crippen molar-refractivity contribution in [3.8, 4) is 0 Å². The number of hydrogen-bond donors (Lipinski definition) is 4. The first-order valence-electron chi connectivity index (χ1n) is 10.8. The lowest BCUT2D eigenvalue weighted by molar-refractivity contribution is 0.0952. The molecule has 0 saturated heterocycles. The summed E-state index contributed by atoms with van der Waals surface area (Å²) >= 11 is 0. The number of rotatable bonds is 7. The van der Waals surface area contributed by atoms with Crippen LogP contribution in [0, 0.1) is 5.92 Å². The highest BCUT2D eigenvalue weighted by Crippen LogP contribution is 2.39. The number of nitrogens with two attached hydrogens (primary N) is 1. The molecule has 0 radical (unpaired) electrons. The van der Waals surface area contributed by atoms with Gasteiger partial charge in [-0.3, -0.25) is 19.1 Å². The van der Waals surface area contributed by atoms with Crippen molar-refractivity contribution in [1.29, 1.82) is 0 Å². The first kappa shape index (κ1) is 22.3. The number of aromatic amines is 1. The molecule has 1 saturated carbocycles. The zero-order chi connectivity index (χ0) is 23.7. The zero-order valence-corrected chi connectivity index (χ0v) is 18.5. The molecule has 0 bridgehead atoms. The number of carbonyl (C=O) groups excluding carboxylic acids is 2. The van der Waals surface area contributed by atoms with E-state index in [1.54, 1.807) is 30.3 Å². The number of urea groups is 1. The average Bonchev–Trinajstić information content (AvgIpc) is 3.60. The maximum Gasteiger partial charge on any atom is 0.330 e. The summed E-state index contributed by atoms with van der Waals surface area (Å²) in [5.41, 5.74) is 6.45. The summed E-state index contributed by atoms with van der Waals surface area (Å²) in [6, 6.07) is 7.85. The van der Waals surface area contributed by atoms with Crippen molar-refractivity contribution in [2.75, 3.05) is 5.32 Å². The molecule has 1 fully saturated rings. The van der Waals surface area contributed by atoms with Gasteiger partial charge in [0.25, 0.3) is 11.5 Å². The first-order valence-corrected chi connectivity index (χ1v) is 10.8. The Balaban J connectivity index is 1.68. The van der Waals surface area contributed by atoms with Crippen molar-refractivity contribution in [2.24, 2.45) is 11.7 Å². The molecular weight excluding hydrogens is 424 g/mol. The Bertz CT molecular complexity index is 1340. The smallest absolute Gasteiger partial charge is 0.330 e. The number of benzene rings is 1. The zero-order valence-electron chi connectivity index (χ0n) is 18.5. The number of H-pyrrole nitrogens is 1. The first-order chi connectivity index (χ1) is 15.7. The van der Waals surface area contributed by atoms with E-state index in [0.717, 1.165) is 24.1 Å². The minimum atomic E-state index is -0.659. The van der Waals surface area contributed by atoms with Crippen molar-refractivity contribution in [3.63, 3.8) is 0 Å². The number of anilines is 1. The predicted molar refractivity (Wildman–Crippen MR) is 124 cm³/mol. The molecule has 2 aromatic heterocycles. The van der Waals surface area contributed by atoms with Crippen LogP contribution in [0.4, 0.5) is 10.5 Å². The largest absolute Gasteiger partial charge is 0.351 e. The van der Waals surface area contributed by atoms with E-state index in [1.807, 2.05) is 13.8 Å². The number of fused-ring (bicyclic) bond motifs is 1. The molecule has 1 aromatic carbocycles. The van der Waals surface area contributed by atoms with Crippen molar-refractivity contribution in [1.82, 2.24) is 19.9 Å². The number of pyridine rings is 1. The van der Waals surface area contributed by atoms with Gasteiger partial charge < -0.3 is 16.4 Å². The van der Waals surface area contributed by atoms with Gasteiger partial charge in [0.15, 0.2) is 5.65 Å². The van der Waals surface area contributed by atoms with Crippen molar-refractivity contribution in [3.05, 3.63) is 68.0 Å². The monoisotopic (exact) mass is 450 g/mol. The molecule has 4 rings (SSSR count). The van der Waals surface area contributed by atoms with Gasteiger partial charge in [0.1, 0.15) is 0 Å². The van der Waals surface area contributed by atoms with Gasteiger partial charge in [0.2, 0.25) is 0 Å². The van der Waals surface area contributed by atoms with E-state index in [0.29, 0.717) is 12.2 Å². The normalized spacial score (nSPS) is 13.3. The second-order valence-corrected chi connectivity index (χ2v) is 8.70. The fourth-order valence-corrected chi connectivity index (χ4v) is 3.72. The summed E-state index contributed by atoms with van der Waals surface area (Å²) < 4.78 is 1.44. The molecule has 172 valence electrons. The third kappa shape index (κ3) is 4.94. The van der Waals surface area contributed by atoms with E-state index in [1.165, 1.54) is 4.57 Å². The molecule has 2 heterocycles. The summed E-state index contributed by atoms with van der Waals surface area (Å²) in [7, 11) is 0. The van der Waals surface area contributed by atoms with Crippen molar-refractivity contribution in [2.45, 2.75) is 45.7 Å². The molecule has 3 aromatic rings. The quantitative estimate of drug-likeness (QED) is 0.434. The van der Waals surface area contributed by atoms with Crippen LogP contribution >= 0.6 is 0 Å². The van der Waals surface area contributed by atoms with Gasteiger partial charge in [-0.25, -0.2) is 14.6 Å². The Morgan fingerprint density at radius 1 is 1.21 bits per heavy atom. The summed E-state index contributed by atoms with van der Waals surface area (Å²) in [6.45, 7) is 4.51. The fraction of sp³-hybridized carbons (Fsp3) is 0.348. The minimum Gasteiger partial charge on any atom is -0.351 e. The molecule has 1 aliphatic carbocycles. The molecule has 0 atom stereocenters. The van der Waals surface area contributed by atoms with Crippen LogP contribution < -0.4 is 27.6 Å². The van der Waals surface area contributed by atoms with Gasteiger partial charge in [-0.05, 0) is 42.5 Å². The lowest BCUT2D eigenvalue weighted by Gasteiger charge is -2.15. The lowest BCUT2D eigenvalue weighted by atomic mass is 10.1. The van der Waals surface area contributed by atoms with Gasteiger partial charge in [0.05, 0.1) is 10.9 Å². The highest BCUT2D eigenvalue weighted by Gasteiger charge is 2.28. The average molecular weight is 450 g/mol. The molecule has 0 spiro atoms. The predicted octanol–water partition coefficient (Wildman–Crippen LogP) is 2.04. The third-order valence-corrected chi connectivity index (χ3v) is 5.43. The van der Waals surface area contributed by atoms with Crippen LogP contribution in [0.1, 0.15) is 54.2 Å². The molecule has 5 N–H and O–H groups in total. The molecule has 10 nitrogen and oxygen atoms in total. The van der Waals surface area contributed by atoms with E-state index in [2.05, 4.69) is 20.6 Å². The Morgan fingerprint density at radius 3 is 2.52 bits per heavy atom. The van der Waals surface area contributed by atoms with E-state index >= 15 is 0 Å². The highest BCUT2D eigenvalue weighted by atomic mass is 16.2. The second-order valence-electron chi connectivity index (χ2n) is 8.70. The Labute approximate surface area is 189 Å². The fourth-order valence-electron chi connectivity index (χ4n) is 3.72. The van der Waals surface area contributed by atoms with Crippen molar-refractivity contribution < 1.29 is 9.59 Å². The van der Waals surface area contributed by atoms with E-state index in [9.17, 15) is 19.2 Å². The topological polar surface area (TPSA) is 152 Å². The van der Waals surface area contributed by atoms with Gasteiger partial charge in [-0.15, -0.1) is 0 Å². The molecule has 10 heteroatoms. The number of primary amides is 1. The highest BCUT2D eigenvalue weighted by molar-refractivity contribution is 6.05. The van der Waals surface area contributed by atoms with Crippen LogP contribution in [0.2, 0.25) is 0 Å². The summed E-state index contributed by atoms with van der Waals surface area (Å²) in [6.07, 6.45) is 1.92. The number of amides is 3. The Kier molecular flexibility index (Phi) is 5.99. The van der Waals surface area contributed by atoms with Gasteiger partial charge >= 0.3 is 11.7 Å². The molecule has 3 amide bonds. The maximum absolute atomic E-state index is 13.2. The molecule has 0 unspecified atom stereocenters. The number of aromatic nitrogens is 3. The van der Waals surface area contributed by atoms with E-state index < -0.39 is 23.2 Å². The molecule has 33 heavy (non-hydrogen) atoms. The summed E-state index contributed by atoms with van der Waals surface area (Å²) in [4.78, 5) is 56.3. The van der Waals surface area contributed by atoms with Crippen LogP contribution in [0.25, 0.3) is 11.0 Å². The molecule has 1 aliphatic rings. The van der Waals surface area contributed by atoms with Gasteiger partial charge in [0, 0.05) is 30.4 Å². The van der Waals surface area contributed by atoms with E-state index in [-0.39, 0.29) is 35.0 Å². The van der Waals surface area contributed by atoms with Crippen LogP contribution in [0.15, 0.2) is 39.9 Å². The number of nitrogens with zero attached hydrogens (tertiary/aromatic N) is 2. The van der Waals surface area contributed by atoms with Crippen LogP contribution in [-0.2, 0) is 13.1 Å². The molecule has 0 aliphatic heterocycles. The number of nitrogens with one attached hydrogen (secondary N) is 3. The SMILES string of the molecule is CC(C)Cn1c(=O)[nH]c(=O)c2c(C(=O)NCc3ccc(NC(N)=O)cc3)cc(C3CC3)nc21. The number of carbonyl (C=O) groups is 2. The molecular formula is C23H26N6O4. The van der Waals surface area contributed by atoms with Crippen LogP contribution in [0.3, 0.4) is 0 Å². The minimum absolute atomic E-state index is 0.109. The summed E-state index contributed by atoms with van der Waals surface area (Å²) in [5, 5.41) is 5.42.